The number of nitrogens with one attached hydrogen (secondary N) is 2. The molecule has 4 aromatic rings. The van der Waals surface area contributed by atoms with Crippen LogP contribution in [0.3, 0.4) is 0 Å². The Morgan fingerprint density at radius 1 is 0.958 bits per heavy atom. The summed E-state index contributed by atoms with van der Waals surface area (Å²) in [7, 11) is 0. The molecule has 3 heterocycles. The molecule has 0 saturated carbocycles. The van der Waals surface area contributed by atoms with Gasteiger partial charge in [-0.15, -0.1) is 0 Å². The second-order valence-corrected chi connectivity index (χ2v) is 5.23. The summed E-state index contributed by atoms with van der Waals surface area (Å²) in [4.78, 5) is 31.4. The highest BCUT2D eigenvalue weighted by atomic mass is 16.1. The maximum Gasteiger partial charge on any atom is 0.278 e. The van der Waals surface area contributed by atoms with Gasteiger partial charge in [0.05, 0.1) is 5.52 Å². The SMILES string of the molecule is O=c1[nH]c2cc(C=Cc3cccnc3)ccc2c(=O)c2n[nH]nc12. The molecule has 0 bridgehead atoms. The second kappa shape index (κ2) is 5.54. The molecule has 0 fully saturated rings. The van der Waals surface area contributed by atoms with Crippen molar-refractivity contribution < 1.29 is 0 Å². The zero-order valence-electron chi connectivity index (χ0n) is 12.4. The number of nitrogens with zero attached hydrogens (tertiary/aromatic N) is 3. The van der Waals surface area contributed by atoms with Gasteiger partial charge in [-0.3, -0.25) is 14.6 Å². The first-order valence-corrected chi connectivity index (χ1v) is 7.21. The highest BCUT2D eigenvalue weighted by Crippen LogP contribution is 2.13. The van der Waals surface area contributed by atoms with Gasteiger partial charge >= 0.3 is 0 Å². The summed E-state index contributed by atoms with van der Waals surface area (Å²) in [5.74, 6) is 0. The van der Waals surface area contributed by atoms with Crippen molar-refractivity contribution in [1.29, 1.82) is 0 Å². The lowest BCUT2D eigenvalue weighted by Crippen LogP contribution is -2.02. The van der Waals surface area contributed by atoms with Crippen LogP contribution in [0.15, 0.2) is 52.3 Å². The Morgan fingerprint density at radius 2 is 1.79 bits per heavy atom. The molecule has 0 unspecified atom stereocenters. The van der Waals surface area contributed by atoms with E-state index in [1.807, 2.05) is 24.3 Å². The van der Waals surface area contributed by atoms with Crippen LogP contribution in [-0.4, -0.2) is 25.4 Å². The number of H-pyrrole nitrogens is 2. The fraction of sp³-hybridized carbons (Fsp3) is 0. The molecule has 7 heteroatoms. The fourth-order valence-corrected chi connectivity index (χ4v) is 2.49. The summed E-state index contributed by atoms with van der Waals surface area (Å²) < 4.78 is 0. The number of aromatic amines is 2. The van der Waals surface area contributed by atoms with Crippen molar-refractivity contribution in [2.24, 2.45) is 0 Å². The molecule has 0 aliphatic heterocycles. The Kier molecular flexibility index (Phi) is 3.24. The number of fused-ring (bicyclic) bond motifs is 2. The third-order valence-corrected chi connectivity index (χ3v) is 3.67. The van der Waals surface area contributed by atoms with Crippen LogP contribution in [0.5, 0.6) is 0 Å². The Bertz CT molecular complexity index is 1190. The molecule has 3 aromatic heterocycles. The van der Waals surface area contributed by atoms with Crippen molar-refractivity contribution in [2.45, 2.75) is 0 Å². The van der Waals surface area contributed by atoms with E-state index in [9.17, 15) is 9.59 Å². The van der Waals surface area contributed by atoms with Gasteiger partial charge in [0.1, 0.15) is 0 Å². The van der Waals surface area contributed by atoms with E-state index in [0.717, 1.165) is 11.1 Å². The Morgan fingerprint density at radius 3 is 2.62 bits per heavy atom. The van der Waals surface area contributed by atoms with E-state index in [1.165, 1.54) is 0 Å². The first kappa shape index (κ1) is 14.0. The number of aromatic nitrogens is 5. The van der Waals surface area contributed by atoms with Gasteiger partial charge in [0.2, 0.25) is 5.43 Å². The van der Waals surface area contributed by atoms with Crippen molar-refractivity contribution in [3.8, 4) is 0 Å². The first-order valence-electron chi connectivity index (χ1n) is 7.21. The third kappa shape index (κ3) is 2.38. The minimum absolute atomic E-state index is 0.00338. The molecule has 24 heavy (non-hydrogen) atoms. The second-order valence-electron chi connectivity index (χ2n) is 5.23. The average molecular weight is 317 g/mol. The maximum atomic E-state index is 12.5. The monoisotopic (exact) mass is 317 g/mol. The summed E-state index contributed by atoms with van der Waals surface area (Å²) >= 11 is 0. The van der Waals surface area contributed by atoms with E-state index >= 15 is 0 Å². The molecule has 1 aromatic carbocycles. The summed E-state index contributed by atoms with van der Waals surface area (Å²) in [5.41, 5.74) is 1.48. The molecular weight excluding hydrogens is 306 g/mol. The van der Waals surface area contributed by atoms with Gasteiger partial charge in [-0.1, -0.05) is 24.3 Å². The first-order chi connectivity index (χ1) is 11.7. The number of pyridine rings is 1. The van der Waals surface area contributed by atoms with E-state index in [2.05, 4.69) is 25.4 Å². The van der Waals surface area contributed by atoms with Gasteiger partial charge in [-0.25, -0.2) is 0 Å². The fourth-order valence-electron chi connectivity index (χ4n) is 2.49. The van der Waals surface area contributed by atoms with Crippen LogP contribution in [0.2, 0.25) is 0 Å². The predicted molar refractivity (Wildman–Crippen MR) is 91.5 cm³/mol. The van der Waals surface area contributed by atoms with Crippen molar-refractivity contribution in [2.75, 3.05) is 0 Å². The van der Waals surface area contributed by atoms with Crippen molar-refractivity contribution >= 4 is 34.1 Å². The van der Waals surface area contributed by atoms with Crippen molar-refractivity contribution in [1.82, 2.24) is 25.4 Å². The maximum absolute atomic E-state index is 12.5. The molecule has 0 aliphatic carbocycles. The van der Waals surface area contributed by atoms with Crippen LogP contribution in [0.25, 0.3) is 34.1 Å². The molecule has 0 aliphatic rings. The average Bonchev–Trinajstić information content (AvgIpc) is 3.07. The van der Waals surface area contributed by atoms with Gasteiger partial charge in [-0.2, -0.15) is 15.4 Å². The topological polar surface area (TPSA) is 104 Å². The van der Waals surface area contributed by atoms with Gasteiger partial charge in [0.15, 0.2) is 11.0 Å². The Hall–Kier alpha value is -3.61. The molecule has 116 valence electrons. The Labute approximate surface area is 134 Å². The largest absolute Gasteiger partial charge is 0.320 e. The lowest BCUT2D eigenvalue weighted by molar-refractivity contribution is 0.955. The summed E-state index contributed by atoms with van der Waals surface area (Å²) in [5, 5.41) is 10.2. The minimum Gasteiger partial charge on any atom is -0.320 e. The number of benzene rings is 1. The third-order valence-electron chi connectivity index (χ3n) is 3.67. The van der Waals surface area contributed by atoms with Crippen LogP contribution in [0, 0.1) is 0 Å². The molecule has 0 saturated heterocycles. The highest BCUT2D eigenvalue weighted by molar-refractivity contribution is 5.88. The van der Waals surface area contributed by atoms with E-state index < -0.39 is 5.56 Å². The van der Waals surface area contributed by atoms with Gasteiger partial charge in [0.25, 0.3) is 5.56 Å². The van der Waals surface area contributed by atoms with Gasteiger partial charge in [-0.05, 0) is 29.3 Å². The molecule has 0 amide bonds. The lowest BCUT2D eigenvalue weighted by Gasteiger charge is -1.96. The number of rotatable bonds is 2. The van der Waals surface area contributed by atoms with Crippen LogP contribution >= 0.6 is 0 Å². The normalized spacial score (nSPS) is 11.5. The zero-order chi connectivity index (χ0) is 16.5. The Balaban J connectivity index is 1.90. The van der Waals surface area contributed by atoms with Crippen LogP contribution in [-0.2, 0) is 0 Å². The molecule has 0 atom stereocenters. The molecule has 2 N–H and O–H groups in total. The lowest BCUT2D eigenvalue weighted by atomic mass is 10.1. The van der Waals surface area contributed by atoms with E-state index in [-0.39, 0.29) is 16.5 Å². The van der Waals surface area contributed by atoms with Gasteiger partial charge < -0.3 is 4.98 Å². The quantitative estimate of drug-likeness (QED) is 0.586. The molecule has 7 nitrogen and oxygen atoms in total. The van der Waals surface area contributed by atoms with Crippen molar-refractivity contribution in [3.63, 3.8) is 0 Å². The van der Waals surface area contributed by atoms with E-state index in [4.69, 9.17) is 0 Å². The standard InChI is InChI=1S/C17H11N5O2/c23-16-12-6-5-10(3-4-11-2-1-7-18-9-11)8-13(12)19-17(24)15-14(16)20-22-21-15/h1-9H,(H,19,24)(H,20,21,22). The van der Waals surface area contributed by atoms with Crippen molar-refractivity contribution in [3.05, 3.63) is 74.4 Å². The molecule has 0 radical (unpaired) electrons. The highest BCUT2D eigenvalue weighted by Gasteiger charge is 2.09. The zero-order valence-corrected chi connectivity index (χ0v) is 12.4. The van der Waals surface area contributed by atoms with Gasteiger partial charge in [0, 0.05) is 17.8 Å². The minimum atomic E-state index is -0.459. The molecular formula is C17H11N5O2. The molecule has 4 rings (SSSR count). The smallest absolute Gasteiger partial charge is 0.278 e. The van der Waals surface area contributed by atoms with E-state index in [1.54, 1.807) is 30.6 Å². The number of hydrogen-bond acceptors (Lipinski definition) is 5. The summed E-state index contributed by atoms with van der Waals surface area (Å²) in [6.07, 6.45) is 7.24. The number of hydrogen-bond donors (Lipinski definition) is 2. The van der Waals surface area contributed by atoms with Crippen LogP contribution in [0.1, 0.15) is 11.1 Å². The predicted octanol–water partition coefficient (Wildman–Crippen LogP) is 1.72. The van der Waals surface area contributed by atoms with Crippen LogP contribution in [0.4, 0.5) is 0 Å². The van der Waals surface area contributed by atoms with Crippen LogP contribution < -0.4 is 11.0 Å². The molecule has 0 spiro atoms. The summed E-state index contributed by atoms with van der Waals surface area (Å²) in [6.45, 7) is 0. The summed E-state index contributed by atoms with van der Waals surface area (Å²) in [6, 6.07) is 9.01. The van der Waals surface area contributed by atoms with E-state index in [0.29, 0.717) is 10.9 Å².